The Balaban J connectivity index is 2.11. The first-order valence-electron chi connectivity index (χ1n) is 11.2. The zero-order chi connectivity index (χ0) is 24.7. The number of nitrogens with zero attached hydrogens (tertiary/aromatic N) is 4. The fourth-order valence-corrected chi connectivity index (χ4v) is 3.94. The van der Waals surface area contributed by atoms with Crippen LogP contribution in [0.5, 0.6) is 0 Å². The van der Waals surface area contributed by atoms with Gasteiger partial charge in [-0.1, -0.05) is 6.07 Å². The maximum atomic E-state index is 13.5. The predicted octanol–water partition coefficient (Wildman–Crippen LogP) is 1.45. The maximum absolute atomic E-state index is 13.5. The minimum Gasteiger partial charge on any atom is -0.466 e. The molecule has 10 nitrogen and oxygen atoms in total. The number of anilines is 1. The summed E-state index contributed by atoms with van der Waals surface area (Å²) in [6.07, 6.45) is 4.26. The monoisotopic (exact) mass is 467 g/mol. The van der Waals surface area contributed by atoms with Crippen molar-refractivity contribution in [2.24, 2.45) is 5.92 Å². The van der Waals surface area contributed by atoms with Gasteiger partial charge >= 0.3 is 5.97 Å². The number of rotatable bonds is 8. The fraction of sp³-hybridized carbons (Fsp3) is 0.458. The van der Waals surface area contributed by atoms with E-state index in [0.29, 0.717) is 44.0 Å². The molecule has 0 bridgehead atoms. The molecule has 1 amide bonds. The third-order valence-corrected chi connectivity index (χ3v) is 5.65. The molecule has 0 radical (unpaired) electrons. The highest BCUT2D eigenvalue weighted by Crippen LogP contribution is 2.26. The van der Waals surface area contributed by atoms with E-state index in [1.54, 1.807) is 19.2 Å². The van der Waals surface area contributed by atoms with Gasteiger partial charge in [0.15, 0.2) is 0 Å². The molecule has 2 aromatic rings. The van der Waals surface area contributed by atoms with Crippen LogP contribution in [0, 0.1) is 24.2 Å². The Labute approximate surface area is 197 Å². The summed E-state index contributed by atoms with van der Waals surface area (Å²) >= 11 is 0. The Morgan fingerprint density at radius 3 is 2.91 bits per heavy atom. The van der Waals surface area contributed by atoms with Crippen LogP contribution in [0.2, 0.25) is 0 Å². The average Bonchev–Trinajstić information content (AvgIpc) is 2.84. The Kier molecular flexibility index (Phi) is 8.38. The van der Waals surface area contributed by atoms with E-state index in [4.69, 9.17) is 14.5 Å². The lowest BCUT2D eigenvalue weighted by Crippen LogP contribution is -2.41. The van der Waals surface area contributed by atoms with Gasteiger partial charge in [0.05, 0.1) is 24.7 Å². The van der Waals surface area contributed by atoms with Gasteiger partial charge in [-0.25, -0.2) is 4.98 Å². The quantitative estimate of drug-likeness (QED) is 0.268. The minimum atomic E-state index is -0.609. The van der Waals surface area contributed by atoms with Gasteiger partial charge in [0.1, 0.15) is 23.1 Å². The first-order valence-corrected chi connectivity index (χ1v) is 11.2. The number of carbonyl (C=O) groups excluding carboxylic acids is 2. The molecule has 0 unspecified atom stereocenters. The first-order chi connectivity index (χ1) is 16.4. The minimum absolute atomic E-state index is 0.117. The standard InChI is InChI=1S/C24H29N5O5/c1-4-34-24(32)17-8-6-10-28(15-17)21-19(13-18(14-25)22(30)26-9-12-33-3)23(31)29-11-5-7-16(2)20(29)27-21/h5,7,11,13,17H,4,6,8-10,12,15H2,1-3H3,(H,26,30)/b18-13+/t17-/m0/s1. The van der Waals surface area contributed by atoms with Gasteiger partial charge in [-0.2, -0.15) is 5.26 Å². The number of pyridine rings is 1. The van der Waals surface area contributed by atoms with Gasteiger partial charge in [0.2, 0.25) is 0 Å². The van der Waals surface area contributed by atoms with Crippen molar-refractivity contribution in [1.82, 2.24) is 14.7 Å². The van der Waals surface area contributed by atoms with Gasteiger partial charge in [0.25, 0.3) is 11.5 Å². The summed E-state index contributed by atoms with van der Waals surface area (Å²) in [7, 11) is 1.51. The maximum Gasteiger partial charge on any atom is 0.310 e. The SMILES string of the molecule is CCOC(=O)[C@H]1CCCN(c2nc3c(C)cccn3c(=O)c2/C=C(\C#N)C(=O)NCCOC)C1. The third kappa shape index (κ3) is 5.43. The van der Waals surface area contributed by atoms with Crippen molar-refractivity contribution >= 4 is 29.4 Å². The molecule has 3 rings (SSSR count). The molecule has 1 saturated heterocycles. The predicted molar refractivity (Wildman–Crippen MR) is 126 cm³/mol. The number of esters is 1. The van der Waals surface area contributed by atoms with Crippen molar-refractivity contribution in [3.05, 3.63) is 45.4 Å². The van der Waals surface area contributed by atoms with Crippen molar-refractivity contribution in [2.45, 2.75) is 26.7 Å². The smallest absolute Gasteiger partial charge is 0.310 e. The summed E-state index contributed by atoms with van der Waals surface area (Å²) in [5.74, 6) is -0.906. The van der Waals surface area contributed by atoms with Crippen LogP contribution in [0.1, 0.15) is 30.9 Å². The molecular formula is C24H29N5O5. The molecule has 0 aromatic carbocycles. The molecule has 1 N–H and O–H groups in total. The Hall–Kier alpha value is -3.71. The molecular weight excluding hydrogens is 438 g/mol. The van der Waals surface area contributed by atoms with Crippen molar-refractivity contribution < 1.29 is 19.1 Å². The summed E-state index contributed by atoms with van der Waals surface area (Å²) in [4.78, 5) is 45.0. The van der Waals surface area contributed by atoms with E-state index in [0.717, 1.165) is 5.56 Å². The molecule has 2 aromatic heterocycles. The number of piperidine rings is 1. The van der Waals surface area contributed by atoms with Crippen molar-refractivity contribution in [3.8, 4) is 6.07 Å². The number of aromatic nitrogens is 2. The van der Waals surface area contributed by atoms with Crippen LogP contribution < -0.4 is 15.8 Å². The fourth-order valence-electron chi connectivity index (χ4n) is 3.94. The molecule has 3 heterocycles. The summed E-state index contributed by atoms with van der Waals surface area (Å²) in [5.41, 5.74) is 0.766. The second-order valence-electron chi connectivity index (χ2n) is 7.99. The molecule has 1 fully saturated rings. The number of fused-ring (bicyclic) bond motifs is 1. The van der Waals surface area contributed by atoms with Gasteiger partial charge in [-0.3, -0.25) is 18.8 Å². The molecule has 180 valence electrons. The Morgan fingerprint density at radius 2 is 2.21 bits per heavy atom. The highest BCUT2D eigenvalue weighted by Gasteiger charge is 2.30. The lowest BCUT2D eigenvalue weighted by Gasteiger charge is -2.33. The number of amides is 1. The summed E-state index contributed by atoms with van der Waals surface area (Å²) in [6.45, 7) is 5.33. The summed E-state index contributed by atoms with van der Waals surface area (Å²) in [5, 5.41) is 12.2. The number of methoxy groups -OCH3 is 1. The number of nitrogens with one attached hydrogen (secondary N) is 1. The molecule has 1 aliphatic heterocycles. The van der Waals surface area contributed by atoms with Gasteiger partial charge in [-0.05, 0) is 44.4 Å². The van der Waals surface area contributed by atoms with Crippen LogP contribution in [-0.4, -0.2) is 61.2 Å². The van der Waals surface area contributed by atoms with Crippen LogP contribution in [-0.2, 0) is 19.1 Å². The van der Waals surface area contributed by atoms with Crippen LogP contribution in [0.3, 0.4) is 0 Å². The van der Waals surface area contributed by atoms with Crippen molar-refractivity contribution in [3.63, 3.8) is 0 Å². The number of ether oxygens (including phenoxy) is 2. The van der Waals surface area contributed by atoms with Crippen molar-refractivity contribution in [2.75, 3.05) is 44.9 Å². The number of nitriles is 1. The number of hydrogen-bond acceptors (Lipinski definition) is 8. The molecule has 34 heavy (non-hydrogen) atoms. The molecule has 1 aliphatic rings. The average molecular weight is 468 g/mol. The third-order valence-electron chi connectivity index (χ3n) is 5.65. The van der Waals surface area contributed by atoms with Crippen molar-refractivity contribution in [1.29, 1.82) is 5.26 Å². The highest BCUT2D eigenvalue weighted by atomic mass is 16.5. The summed E-state index contributed by atoms with van der Waals surface area (Å²) in [6, 6.07) is 5.46. The van der Waals surface area contributed by atoms with Gasteiger partial charge < -0.3 is 19.7 Å². The van der Waals surface area contributed by atoms with Gasteiger partial charge in [-0.15, -0.1) is 0 Å². The molecule has 1 atom stereocenters. The van der Waals surface area contributed by atoms with E-state index in [2.05, 4.69) is 5.32 Å². The number of hydrogen-bond donors (Lipinski definition) is 1. The first kappa shape index (κ1) is 24.9. The number of carbonyl (C=O) groups is 2. The van der Waals surface area contributed by atoms with E-state index in [1.165, 1.54) is 17.6 Å². The lowest BCUT2D eigenvalue weighted by molar-refractivity contribution is -0.148. The second kappa shape index (κ2) is 11.4. The van der Waals surface area contributed by atoms with Crippen LogP contribution >= 0.6 is 0 Å². The van der Waals surface area contributed by atoms with E-state index in [9.17, 15) is 19.6 Å². The lowest BCUT2D eigenvalue weighted by atomic mass is 9.97. The zero-order valence-electron chi connectivity index (χ0n) is 19.7. The largest absolute Gasteiger partial charge is 0.466 e. The van der Waals surface area contributed by atoms with E-state index < -0.39 is 11.5 Å². The Morgan fingerprint density at radius 1 is 1.41 bits per heavy atom. The Bertz CT molecular complexity index is 1200. The highest BCUT2D eigenvalue weighted by molar-refractivity contribution is 6.02. The van der Waals surface area contributed by atoms with Crippen LogP contribution in [0.4, 0.5) is 5.82 Å². The molecule has 10 heteroatoms. The van der Waals surface area contributed by atoms with E-state index >= 15 is 0 Å². The normalized spacial score (nSPS) is 16.2. The second-order valence-corrected chi connectivity index (χ2v) is 7.99. The molecule has 0 spiro atoms. The topological polar surface area (TPSA) is 126 Å². The van der Waals surface area contributed by atoms with Crippen LogP contribution in [0.25, 0.3) is 11.7 Å². The molecule has 0 aliphatic carbocycles. The van der Waals surface area contributed by atoms with E-state index in [-0.39, 0.29) is 36.2 Å². The van der Waals surface area contributed by atoms with Crippen LogP contribution in [0.15, 0.2) is 28.7 Å². The molecule has 0 saturated carbocycles. The zero-order valence-corrected chi connectivity index (χ0v) is 19.7. The van der Waals surface area contributed by atoms with Gasteiger partial charge in [0, 0.05) is 32.9 Å². The summed E-state index contributed by atoms with van der Waals surface area (Å²) < 4.78 is 11.5. The van der Waals surface area contributed by atoms with E-state index in [1.807, 2.05) is 24.0 Å². The number of aryl methyl sites for hydroxylation is 1.